The molecule has 1 aliphatic rings. The first-order chi connectivity index (χ1) is 12.0. The van der Waals surface area contributed by atoms with Crippen LogP contribution in [0.15, 0.2) is 18.6 Å². The highest BCUT2D eigenvalue weighted by Crippen LogP contribution is 2.22. The lowest BCUT2D eigenvalue weighted by Gasteiger charge is -2.31. The average Bonchev–Trinajstić information content (AvgIpc) is 3.20. The van der Waals surface area contributed by atoms with Crippen LogP contribution in [0.5, 0.6) is 0 Å². The fourth-order valence-electron chi connectivity index (χ4n) is 3.43. The Morgan fingerprint density at radius 2 is 2.16 bits per heavy atom. The number of carbonyl (C=O) groups excluding carboxylic acids is 2. The van der Waals surface area contributed by atoms with Crippen molar-refractivity contribution in [3.05, 3.63) is 35.7 Å². The van der Waals surface area contributed by atoms with Crippen LogP contribution in [-0.4, -0.2) is 49.0 Å². The highest BCUT2D eigenvalue weighted by atomic mass is 16.2. The van der Waals surface area contributed by atoms with E-state index in [1.54, 1.807) is 28.1 Å². The summed E-state index contributed by atoms with van der Waals surface area (Å²) in [6.07, 6.45) is 7.64. The second-order valence-electron chi connectivity index (χ2n) is 6.68. The van der Waals surface area contributed by atoms with E-state index in [-0.39, 0.29) is 17.6 Å². The summed E-state index contributed by atoms with van der Waals surface area (Å²) in [7, 11) is 1.82. The Hall–Kier alpha value is -2.44. The van der Waals surface area contributed by atoms with Gasteiger partial charge in [-0.25, -0.2) is 4.98 Å². The summed E-state index contributed by atoms with van der Waals surface area (Å²) in [5.41, 5.74) is 1.53. The zero-order valence-electron chi connectivity index (χ0n) is 15.1. The van der Waals surface area contributed by atoms with Gasteiger partial charge in [-0.3, -0.25) is 14.3 Å². The van der Waals surface area contributed by atoms with E-state index in [0.717, 1.165) is 31.5 Å². The van der Waals surface area contributed by atoms with Gasteiger partial charge in [-0.15, -0.1) is 0 Å². The molecule has 1 saturated heterocycles. The van der Waals surface area contributed by atoms with Crippen molar-refractivity contribution in [1.82, 2.24) is 24.2 Å². The van der Waals surface area contributed by atoms with Crippen molar-refractivity contribution in [3.63, 3.8) is 0 Å². The molecular weight excluding hydrogens is 318 g/mol. The summed E-state index contributed by atoms with van der Waals surface area (Å²) in [5.74, 6) is 0.261. The van der Waals surface area contributed by atoms with Crippen LogP contribution < -0.4 is 0 Å². The van der Waals surface area contributed by atoms with Gasteiger partial charge >= 0.3 is 0 Å². The van der Waals surface area contributed by atoms with Crippen LogP contribution in [0.3, 0.4) is 0 Å². The number of aryl methyl sites for hydroxylation is 2. The van der Waals surface area contributed by atoms with Crippen LogP contribution in [0.2, 0.25) is 0 Å². The molecule has 0 aromatic carbocycles. The maximum Gasteiger partial charge on any atom is 0.257 e. The van der Waals surface area contributed by atoms with Crippen molar-refractivity contribution < 1.29 is 9.59 Å². The molecule has 2 aromatic heterocycles. The van der Waals surface area contributed by atoms with E-state index in [1.807, 2.05) is 18.7 Å². The topological polar surface area (TPSA) is 73.0 Å². The summed E-state index contributed by atoms with van der Waals surface area (Å²) in [5, 5.41) is 4.32. The minimum Gasteiger partial charge on any atom is -0.338 e. The molecule has 0 aliphatic carbocycles. The van der Waals surface area contributed by atoms with E-state index >= 15 is 0 Å². The fourth-order valence-corrected chi connectivity index (χ4v) is 3.43. The maximum atomic E-state index is 12.9. The first-order valence-corrected chi connectivity index (χ1v) is 8.86. The Balaban J connectivity index is 1.74. The summed E-state index contributed by atoms with van der Waals surface area (Å²) in [6.45, 7) is 5.95. The van der Waals surface area contributed by atoms with Crippen molar-refractivity contribution in [3.8, 4) is 0 Å². The molecule has 0 bridgehead atoms. The van der Waals surface area contributed by atoms with Gasteiger partial charge in [-0.05, 0) is 26.2 Å². The van der Waals surface area contributed by atoms with Crippen molar-refractivity contribution in [1.29, 1.82) is 0 Å². The number of aromatic nitrogens is 4. The molecule has 0 saturated carbocycles. The van der Waals surface area contributed by atoms with Crippen molar-refractivity contribution in [2.75, 3.05) is 13.1 Å². The molecule has 0 N–H and O–H groups in total. The number of ketones is 1. The van der Waals surface area contributed by atoms with Gasteiger partial charge in [0.1, 0.15) is 0 Å². The van der Waals surface area contributed by atoms with Crippen LogP contribution in [0.25, 0.3) is 0 Å². The third kappa shape index (κ3) is 3.36. The molecule has 1 amide bonds. The second-order valence-corrected chi connectivity index (χ2v) is 6.68. The predicted molar refractivity (Wildman–Crippen MR) is 93.4 cm³/mol. The molecule has 0 radical (unpaired) electrons. The molecule has 25 heavy (non-hydrogen) atoms. The Morgan fingerprint density at radius 3 is 2.84 bits per heavy atom. The first kappa shape index (κ1) is 17.4. The predicted octanol–water partition coefficient (Wildman–Crippen LogP) is 2.07. The Labute approximate surface area is 147 Å². The SMILES string of the molecule is CCCn1ncc(C(=O)N2CCCC(C(=O)c3nccn3C)C2)c1C. The molecule has 7 nitrogen and oxygen atoms in total. The molecular formula is C18H25N5O2. The Morgan fingerprint density at radius 1 is 1.36 bits per heavy atom. The van der Waals surface area contributed by atoms with E-state index in [4.69, 9.17) is 0 Å². The van der Waals surface area contributed by atoms with Crippen molar-refractivity contribution in [2.24, 2.45) is 13.0 Å². The molecule has 1 fully saturated rings. The number of nitrogens with zero attached hydrogens (tertiary/aromatic N) is 5. The zero-order valence-corrected chi connectivity index (χ0v) is 15.1. The molecule has 0 spiro atoms. The number of carbonyl (C=O) groups is 2. The number of imidazole rings is 1. The van der Waals surface area contributed by atoms with Gasteiger partial charge in [0.15, 0.2) is 5.82 Å². The van der Waals surface area contributed by atoms with Gasteiger partial charge in [-0.1, -0.05) is 6.92 Å². The normalized spacial score (nSPS) is 17.7. The zero-order chi connectivity index (χ0) is 18.0. The lowest BCUT2D eigenvalue weighted by atomic mass is 9.93. The van der Waals surface area contributed by atoms with Crippen molar-refractivity contribution in [2.45, 2.75) is 39.7 Å². The third-order valence-corrected chi connectivity index (χ3v) is 4.89. The van der Waals surface area contributed by atoms with E-state index in [1.165, 1.54) is 0 Å². The van der Waals surface area contributed by atoms with Crippen LogP contribution in [0, 0.1) is 12.8 Å². The number of likely N-dealkylation sites (tertiary alicyclic amines) is 1. The summed E-state index contributed by atoms with van der Waals surface area (Å²) in [4.78, 5) is 31.5. The first-order valence-electron chi connectivity index (χ1n) is 8.86. The fraction of sp³-hybridized carbons (Fsp3) is 0.556. The van der Waals surface area contributed by atoms with Gasteiger partial charge in [0.2, 0.25) is 5.78 Å². The number of amides is 1. The Bertz CT molecular complexity index is 776. The highest BCUT2D eigenvalue weighted by molar-refractivity contribution is 5.97. The van der Waals surface area contributed by atoms with E-state index in [9.17, 15) is 9.59 Å². The molecule has 134 valence electrons. The Kier molecular flexibility index (Phi) is 5.01. The molecule has 2 aromatic rings. The third-order valence-electron chi connectivity index (χ3n) is 4.89. The van der Waals surface area contributed by atoms with Crippen LogP contribution in [0.1, 0.15) is 52.9 Å². The number of hydrogen-bond donors (Lipinski definition) is 0. The molecule has 1 atom stereocenters. The van der Waals surface area contributed by atoms with Crippen molar-refractivity contribution >= 4 is 11.7 Å². The molecule has 3 heterocycles. The van der Waals surface area contributed by atoms with E-state index in [2.05, 4.69) is 17.0 Å². The lowest BCUT2D eigenvalue weighted by molar-refractivity contribution is 0.0632. The van der Waals surface area contributed by atoms with Gasteiger partial charge in [-0.2, -0.15) is 5.10 Å². The summed E-state index contributed by atoms with van der Waals surface area (Å²) in [6, 6.07) is 0. The number of rotatable bonds is 5. The molecule has 7 heteroatoms. The van der Waals surface area contributed by atoms with Gasteiger partial charge in [0.05, 0.1) is 11.8 Å². The summed E-state index contributed by atoms with van der Waals surface area (Å²) >= 11 is 0. The van der Waals surface area contributed by atoms with Crippen LogP contribution >= 0.6 is 0 Å². The highest BCUT2D eigenvalue weighted by Gasteiger charge is 2.32. The smallest absolute Gasteiger partial charge is 0.257 e. The van der Waals surface area contributed by atoms with Gasteiger partial charge < -0.3 is 9.47 Å². The molecule has 1 aliphatic heterocycles. The van der Waals surface area contributed by atoms with E-state index in [0.29, 0.717) is 24.5 Å². The lowest BCUT2D eigenvalue weighted by Crippen LogP contribution is -2.42. The average molecular weight is 343 g/mol. The van der Waals surface area contributed by atoms with Gasteiger partial charge in [0.25, 0.3) is 5.91 Å². The maximum absolute atomic E-state index is 12.9. The minimum atomic E-state index is -0.190. The van der Waals surface area contributed by atoms with Gasteiger partial charge in [0, 0.05) is 50.7 Å². The number of hydrogen-bond acceptors (Lipinski definition) is 4. The molecule has 1 unspecified atom stereocenters. The minimum absolute atomic E-state index is 0.0170. The quantitative estimate of drug-likeness (QED) is 0.779. The molecule has 3 rings (SSSR count). The number of piperidine rings is 1. The van der Waals surface area contributed by atoms with E-state index < -0.39 is 0 Å². The van der Waals surface area contributed by atoms with Crippen LogP contribution in [0.4, 0.5) is 0 Å². The summed E-state index contributed by atoms with van der Waals surface area (Å²) < 4.78 is 3.61. The van der Waals surface area contributed by atoms with Crippen LogP contribution in [-0.2, 0) is 13.6 Å². The largest absolute Gasteiger partial charge is 0.338 e. The number of Topliss-reactive ketones (excluding diaryl/α,β-unsaturated/α-hetero) is 1. The second kappa shape index (κ2) is 7.21. The monoisotopic (exact) mass is 343 g/mol. The standard InChI is InChI=1S/C18H25N5O2/c1-4-8-23-13(2)15(11-20-23)18(25)22-9-5-6-14(12-22)16(24)17-19-7-10-21(17)3/h7,10-11,14H,4-6,8-9,12H2,1-3H3.